The van der Waals surface area contributed by atoms with E-state index in [1.54, 1.807) is 36.4 Å². The van der Waals surface area contributed by atoms with Crippen LogP contribution < -0.4 is 10.2 Å². The summed E-state index contributed by atoms with van der Waals surface area (Å²) < 4.78 is 31.3. The Morgan fingerprint density at radius 3 is 2.57 bits per heavy atom. The van der Waals surface area contributed by atoms with Crippen LogP contribution >= 0.6 is 0 Å². The highest BCUT2D eigenvalue weighted by Crippen LogP contribution is 2.34. The van der Waals surface area contributed by atoms with Gasteiger partial charge in [0.1, 0.15) is 5.75 Å². The standard InChI is InChI=1S/C19H19N3O5S/c1-3-27-14-10-8-13(9-11-14)12-20-21-19(24)17-18(23)15-6-4-5-7-16(15)28(25,26)22(17)2/h4-12,23H,3H2,1-2H3,(H,21,24)/b20-12+. The Morgan fingerprint density at radius 1 is 1.21 bits per heavy atom. The molecule has 0 spiro atoms. The summed E-state index contributed by atoms with van der Waals surface area (Å²) in [6.45, 7) is 2.44. The summed E-state index contributed by atoms with van der Waals surface area (Å²) in [5, 5.41) is 14.3. The highest BCUT2D eigenvalue weighted by Gasteiger charge is 2.37. The molecular weight excluding hydrogens is 382 g/mol. The molecule has 0 saturated heterocycles. The van der Waals surface area contributed by atoms with Crippen LogP contribution in [0, 0.1) is 0 Å². The van der Waals surface area contributed by atoms with Gasteiger partial charge < -0.3 is 9.84 Å². The third-order valence-electron chi connectivity index (χ3n) is 4.11. The lowest BCUT2D eigenvalue weighted by molar-refractivity contribution is -0.118. The minimum absolute atomic E-state index is 0.0653. The van der Waals surface area contributed by atoms with Crippen molar-refractivity contribution in [3.8, 4) is 5.75 Å². The second-order valence-electron chi connectivity index (χ2n) is 5.87. The zero-order valence-electron chi connectivity index (χ0n) is 15.3. The number of hydrazone groups is 1. The highest BCUT2D eigenvalue weighted by atomic mass is 32.2. The summed E-state index contributed by atoms with van der Waals surface area (Å²) in [7, 11) is -2.75. The average molecular weight is 401 g/mol. The molecule has 0 bridgehead atoms. The van der Waals surface area contributed by atoms with Gasteiger partial charge in [-0.1, -0.05) is 12.1 Å². The Balaban J connectivity index is 1.82. The molecule has 0 atom stereocenters. The van der Waals surface area contributed by atoms with Crippen LogP contribution in [-0.2, 0) is 14.8 Å². The zero-order valence-corrected chi connectivity index (χ0v) is 16.1. The fourth-order valence-corrected chi connectivity index (χ4v) is 4.12. The maximum atomic E-state index is 12.6. The number of aliphatic hydroxyl groups excluding tert-OH is 1. The first kappa shape index (κ1) is 19.4. The number of rotatable bonds is 5. The zero-order chi connectivity index (χ0) is 20.3. The van der Waals surface area contributed by atoms with E-state index in [0.29, 0.717) is 17.9 Å². The summed E-state index contributed by atoms with van der Waals surface area (Å²) in [6.07, 6.45) is 1.40. The Kier molecular flexibility index (Phi) is 5.36. The van der Waals surface area contributed by atoms with Crippen molar-refractivity contribution < 1.29 is 23.1 Å². The first-order valence-corrected chi connectivity index (χ1v) is 9.88. The van der Waals surface area contributed by atoms with Crippen LogP contribution in [0.3, 0.4) is 0 Å². The van der Waals surface area contributed by atoms with Gasteiger partial charge in [0.15, 0.2) is 11.5 Å². The Hall–Kier alpha value is -3.33. The smallest absolute Gasteiger partial charge is 0.292 e. The summed E-state index contributed by atoms with van der Waals surface area (Å²) in [5.41, 5.74) is 2.62. The molecule has 28 heavy (non-hydrogen) atoms. The van der Waals surface area contributed by atoms with Crippen molar-refractivity contribution in [3.63, 3.8) is 0 Å². The van der Waals surface area contributed by atoms with Gasteiger partial charge in [0.25, 0.3) is 15.9 Å². The summed E-state index contributed by atoms with van der Waals surface area (Å²) in [6, 6.07) is 13.0. The van der Waals surface area contributed by atoms with E-state index in [1.165, 1.54) is 25.4 Å². The second kappa shape index (κ2) is 7.73. The molecule has 9 heteroatoms. The van der Waals surface area contributed by atoms with E-state index in [0.717, 1.165) is 4.31 Å². The number of hydrogen-bond acceptors (Lipinski definition) is 6. The van der Waals surface area contributed by atoms with E-state index >= 15 is 0 Å². The number of benzene rings is 2. The molecule has 2 aromatic rings. The predicted octanol–water partition coefficient (Wildman–Crippen LogP) is 2.10. The van der Waals surface area contributed by atoms with E-state index in [9.17, 15) is 18.3 Å². The molecule has 1 aliphatic rings. The van der Waals surface area contributed by atoms with E-state index < -0.39 is 27.4 Å². The Labute approximate surface area is 162 Å². The van der Waals surface area contributed by atoms with E-state index in [1.807, 2.05) is 6.92 Å². The minimum atomic E-state index is -3.95. The van der Waals surface area contributed by atoms with Gasteiger partial charge in [-0.3, -0.25) is 9.10 Å². The van der Waals surface area contributed by atoms with Gasteiger partial charge in [0.05, 0.1) is 17.7 Å². The van der Waals surface area contributed by atoms with Gasteiger partial charge in [-0.05, 0) is 48.9 Å². The number of fused-ring (bicyclic) bond motifs is 1. The van der Waals surface area contributed by atoms with Crippen LogP contribution in [0.5, 0.6) is 5.75 Å². The molecule has 0 aromatic heterocycles. The topological polar surface area (TPSA) is 108 Å². The number of sulfonamides is 1. The lowest BCUT2D eigenvalue weighted by Crippen LogP contribution is -2.38. The summed E-state index contributed by atoms with van der Waals surface area (Å²) in [5.74, 6) is -0.562. The van der Waals surface area contributed by atoms with Gasteiger partial charge in [-0.2, -0.15) is 5.10 Å². The summed E-state index contributed by atoms with van der Waals surface area (Å²) >= 11 is 0. The molecule has 8 nitrogen and oxygen atoms in total. The van der Waals surface area contributed by atoms with Crippen LogP contribution in [0.25, 0.3) is 5.76 Å². The maximum absolute atomic E-state index is 12.6. The molecule has 0 fully saturated rings. The monoisotopic (exact) mass is 401 g/mol. The molecule has 2 aromatic carbocycles. The van der Waals surface area contributed by atoms with Crippen LogP contribution in [0.2, 0.25) is 0 Å². The van der Waals surface area contributed by atoms with E-state index in [4.69, 9.17) is 4.74 Å². The molecule has 146 valence electrons. The third-order valence-corrected chi connectivity index (χ3v) is 5.92. The third kappa shape index (κ3) is 3.56. The van der Waals surface area contributed by atoms with Crippen molar-refractivity contribution in [1.82, 2.24) is 9.73 Å². The van der Waals surface area contributed by atoms with Crippen molar-refractivity contribution in [2.45, 2.75) is 11.8 Å². The van der Waals surface area contributed by atoms with Crippen LogP contribution in [0.15, 0.2) is 64.2 Å². The quantitative estimate of drug-likeness (QED) is 0.589. The van der Waals surface area contributed by atoms with E-state index in [-0.39, 0.29) is 10.5 Å². The SMILES string of the molecule is CCOc1ccc(/C=N/NC(=O)C2=C(O)c3ccccc3S(=O)(=O)N2C)cc1. The molecule has 0 aliphatic carbocycles. The largest absolute Gasteiger partial charge is 0.505 e. The number of ether oxygens (including phenoxy) is 1. The van der Waals surface area contributed by atoms with Crippen LogP contribution in [0.4, 0.5) is 0 Å². The number of nitrogens with zero attached hydrogens (tertiary/aromatic N) is 2. The molecule has 0 saturated carbocycles. The molecule has 3 rings (SSSR count). The van der Waals surface area contributed by atoms with Gasteiger partial charge >= 0.3 is 0 Å². The fourth-order valence-electron chi connectivity index (χ4n) is 2.72. The molecule has 0 unspecified atom stereocenters. The predicted molar refractivity (Wildman–Crippen MR) is 104 cm³/mol. The molecule has 2 N–H and O–H groups in total. The Bertz CT molecular complexity index is 1060. The molecule has 1 amide bonds. The van der Waals surface area contributed by atoms with Gasteiger partial charge in [-0.25, -0.2) is 13.8 Å². The van der Waals surface area contributed by atoms with Crippen molar-refractivity contribution in [1.29, 1.82) is 0 Å². The Morgan fingerprint density at radius 2 is 1.89 bits per heavy atom. The number of amides is 1. The van der Waals surface area contributed by atoms with E-state index in [2.05, 4.69) is 10.5 Å². The van der Waals surface area contributed by atoms with Gasteiger partial charge in [0, 0.05) is 12.6 Å². The number of aliphatic hydroxyl groups is 1. The van der Waals surface area contributed by atoms with Crippen molar-refractivity contribution >= 4 is 27.9 Å². The molecule has 1 aliphatic heterocycles. The van der Waals surface area contributed by atoms with Gasteiger partial charge in [0.2, 0.25) is 0 Å². The molecular formula is C19H19N3O5S. The average Bonchev–Trinajstić information content (AvgIpc) is 2.68. The fraction of sp³-hybridized carbons (Fsp3) is 0.158. The number of likely N-dealkylation sites (N-methyl/N-ethyl adjacent to an activating group) is 1. The van der Waals surface area contributed by atoms with Crippen LogP contribution in [0.1, 0.15) is 18.1 Å². The molecule has 1 heterocycles. The van der Waals surface area contributed by atoms with Crippen molar-refractivity contribution in [3.05, 3.63) is 65.4 Å². The first-order valence-electron chi connectivity index (χ1n) is 8.44. The lowest BCUT2D eigenvalue weighted by atomic mass is 10.1. The minimum Gasteiger partial charge on any atom is -0.505 e. The lowest BCUT2D eigenvalue weighted by Gasteiger charge is -2.27. The number of carbonyl (C=O) groups excluding carboxylic acids is 1. The first-order chi connectivity index (χ1) is 13.4. The van der Waals surface area contributed by atoms with Crippen molar-refractivity contribution in [2.75, 3.05) is 13.7 Å². The number of nitrogens with one attached hydrogen (secondary N) is 1. The normalized spacial score (nSPS) is 15.4. The second-order valence-corrected chi connectivity index (χ2v) is 7.80. The van der Waals surface area contributed by atoms with Crippen LogP contribution in [-0.4, -0.2) is 43.6 Å². The maximum Gasteiger partial charge on any atom is 0.292 e. The number of hydrogen-bond donors (Lipinski definition) is 2. The van der Waals surface area contributed by atoms with Crippen molar-refractivity contribution in [2.24, 2.45) is 5.10 Å². The summed E-state index contributed by atoms with van der Waals surface area (Å²) in [4.78, 5) is 12.4. The highest BCUT2D eigenvalue weighted by molar-refractivity contribution is 7.89. The van der Waals surface area contributed by atoms with Gasteiger partial charge in [-0.15, -0.1) is 0 Å². The molecule has 0 radical (unpaired) electrons. The number of carbonyl (C=O) groups is 1.